The Morgan fingerprint density at radius 2 is 1.86 bits per heavy atom. The molecule has 0 radical (unpaired) electrons. The van der Waals surface area contributed by atoms with Gasteiger partial charge in [-0.15, -0.1) is 11.8 Å². The van der Waals surface area contributed by atoms with Gasteiger partial charge in [-0.3, -0.25) is 4.79 Å². The minimum Gasteiger partial charge on any atom is -0.360 e. The highest BCUT2D eigenvalue weighted by Gasteiger charge is 2.53. The second-order valence-corrected chi connectivity index (χ2v) is 8.56. The molecule has 3 aliphatic carbocycles. The number of carbonyl (C=O) groups is 1. The summed E-state index contributed by atoms with van der Waals surface area (Å²) < 4.78 is 5.78. The Bertz CT molecular complexity index is 511. The molecule has 0 amide bonds. The number of benzene rings is 1. The first-order chi connectivity index (χ1) is 10.5. The Morgan fingerprint density at radius 1 is 1.23 bits per heavy atom. The van der Waals surface area contributed by atoms with E-state index < -0.39 is 0 Å². The van der Waals surface area contributed by atoms with Crippen LogP contribution in [0.5, 0.6) is 0 Å². The summed E-state index contributed by atoms with van der Waals surface area (Å²) >= 11 is 1.76. The Morgan fingerprint density at radius 3 is 2.41 bits per heavy atom. The van der Waals surface area contributed by atoms with Crippen LogP contribution in [0.15, 0.2) is 30.3 Å². The molecular weight excluding hydrogens is 292 g/mol. The first-order valence-electron chi connectivity index (χ1n) is 8.38. The fraction of sp³-hybridized carbons (Fsp3) is 0.632. The molecule has 1 aromatic rings. The second kappa shape index (κ2) is 6.37. The molecule has 3 saturated carbocycles. The van der Waals surface area contributed by atoms with E-state index in [1.54, 1.807) is 11.8 Å². The van der Waals surface area contributed by atoms with Gasteiger partial charge < -0.3 is 4.74 Å². The minimum atomic E-state index is -0.349. The van der Waals surface area contributed by atoms with Crippen molar-refractivity contribution in [2.24, 2.45) is 17.3 Å². The molecule has 22 heavy (non-hydrogen) atoms. The van der Waals surface area contributed by atoms with E-state index in [9.17, 15) is 4.79 Å². The molecule has 0 spiro atoms. The molecule has 120 valence electrons. The molecule has 0 N–H and O–H groups in total. The lowest BCUT2D eigenvalue weighted by Gasteiger charge is -2.59. The molecule has 2 nitrogen and oxygen atoms in total. The average molecular weight is 318 g/mol. The number of hydrogen-bond acceptors (Lipinski definition) is 3. The van der Waals surface area contributed by atoms with E-state index in [1.165, 1.54) is 19.3 Å². The number of fused-ring (bicyclic) bond motifs is 2. The maximum atomic E-state index is 12.7. The van der Waals surface area contributed by atoms with Gasteiger partial charge in [-0.25, -0.2) is 0 Å². The SMILES string of the molecule is CCO[C@H](SC1C[C@@H]2C[C@H](C1)C2(C)C)C(=O)c1ccccc1. The molecule has 1 aromatic carbocycles. The van der Waals surface area contributed by atoms with Crippen molar-refractivity contribution < 1.29 is 9.53 Å². The Balaban J connectivity index is 1.64. The zero-order valence-corrected chi connectivity index (χ0v) is 14.6. The van der Waals surface area contributed by atoms with Crippen molar-refractivity contribution in [3.05, 3.63) is 35.9 Å². The number of hydrogen-bond donors (Lipinski definition) is 0. The largest absolute Gasteiger partial charge is 0.360 e. The van der Waals surface area contributed by atoms with Gasteiger partial charge in [-0.1, -0.05) is 44.2 Å². The van der Waals surface area contributed by atoms with Crippen LogP contribution in [-0.2, 0) is 4.74 Å². The molecule has 4 atom stereocenters. The van der Waals surface area contributed by atoms with Crippen LogP contribution in [0.1, 0.15) is 50.4 Å². The molecule has 3 aliphatic rings. The summed E-state index contributed by atoms with van der Waals surface area (Å²) in [5.74, 6) is 1.78. The summed E-state index contributed by atoms with van der Waals surface area (Å²) in [5.41, 5.74) is 0.925. The third-order valence-electron chi connectivity index (χ3n) is 5.67. The van der Waals surface area contributed by atoms with Crippen LogP contribution in [0.3, 0.4) is 0 Å². The monoisotopic (exact) mass is 318 g/mol. The lowest BCUT2D eigenvalue weighted by Crippen LogP contribution is -2.51. The number of carbonyl (C=O) groups excluding carboxylic acids is 1. The van der Waals surface area contributed by atoms with Crippen molar-refractivity contribution in [3.8, 4) is 0 Å². The lowest BCUT2D eigenvalue weighted by atomic mass is 9.49. The minimum absolute atomic E-state index is 0.117. The van der Waals surface area contributed by atoms with Gasteiger partial charge in [0.05, 0.1) is 0 Å². The van der Waals surface area contributed by atoms with E-state index in [0.29, 0.717) is 17.3 Å². The van der Waals surface area contributed by atoms with E-state index in [0.717, 1.165) is 17.4 Å². The summed E-state index contributed by atoms with van der Waals surface area (Å²) in [5, 5.41) is 0.570. The van der Waals surface area contributed by atoms with Crippen LogP contribution in [0, 0.1) is 17.3 Å². The predicted molar refractivity (Wildman–Crippen MR) is 92.2 cm³/mol. The molecular formula is C19H26O2S. The maximum absolute atomic E-state index is 12.7. The first-order valence-corrected chi connectivity index (χ1v) is 9.33. The predicted octanol–water partition coefficient (Wildman–Crippen LogP) is 4.79. The van der Waals surface area contributed by atoms with E-state index in [4.69, 9.17) is 4.74 Å². The van der Waals surface area contributed by atoms with Gasteiger partial charge in [-0.05, 0) is 43.4 Å². The van der Waals surface area contributed by atoms with Crippen LogP contribution < -0.4 is 0 Å². The number of Topliss-reactive ketones (excluding diaryl/α,β-unsaturated/α-hetero) is 1. The van der Waals surface area contributed by atoms with Crippen LogP contribution in [-0.4, -0.2) is 23.1 Å². The summed E-state index contributed by atoms with van der Waals surface area (Å²) in [6.45, 7) is 7.36. The van der Waals surface area contributed by atoms with Gasteiger partial charge in [0, 0.05) is 17.4 Å². The number of ether oxygens (including phenoxy) is 1. The normalized spacial score (nSPS) is 30.4. The van der Waals surface area contributed by atoms with Gasteiger partial charge in [0.2, 0.25) is 5.78 Å². The molecule has 0 aromatic heterocycles. The van der Waals surface area contributed by atoms with E-state index in [-0.39, 0.29) is 11.2 Å². The van der Waals surface area contributed by atoms with Crippen molar-refractivity contribution in [2.45, 2.75) is 50.7 Å². The molecule has 3 fully saturated rings. The van der Waals surface area contributed by atoms with Gasteiger partial charge >= 0.3 is 0 Å². The second-order valence-electron chi connectivity index (χ2n) is 7.20. The molecule has 4 rings (SSSR count). The fourth-order valence-electron chi connectivity index (χ4n) is 4.01. The van der Waals surface area contributed by atoms with Crippen LogP contribution in [0.25, 0.3) is 0 Å². The Labute approximate surface area is 138 Å². The summed E-state index contributed by atoms with van der Waals surface area (Å²) in [7, 11) is 0. The molecule has 0 saturated heterocycles. The van der Waals surface area contributed by atoms with Crippen LogP contribution >= 0.6 is 11.8 Å². The molecule has 2 bridgehead atoms. The summed E-state index contributed by atoms with van der Waals surface area (Å²) in [4.78, 5) is 12.7. The van der Waals surface area contributed by atoms with Crippen LogP contribution in [0.4, 0.5) is 0 Å². The van der Waals surface area contributed by atoms with Crippen molar-refractivity contribution >= 4 is 17.5 Å². The highest BCUT2D eigenvalue weighted by Crippen LogP contribution is 2.61. The van der Waals surface area contributed by atoms with Crippen molar-refractivity contribution in [2.75, 3.05) is 6.61 Å². The van der Waals surface area contributed by atoms with Crippen LogP contribution in [0.2, 0.25) is 0 Å². The molecule has 3 heteroatoms. The number of rotatable bonds is 6. The van der Waals surface area contributed by atoms with Crippen molar-refractivity contribution in [1.29, 1.82) is 0 Å². The standard InChI is InChI=1S/C19H26O2S/c1-4-21-18(17(20)13-8-6-5-7-9-13)22-16-11-14-10-15(12-16)19(14,2)3/h5-9,14-16,18H,4,10-12H2,1-3H3/t14-,15+,16?,18-/m1/s1. The third-order valence-corrected chi connectivity index (χ3v) is 7.04. The van der Waals surface area contributed by atoms with E-state index >= 15 is 0 Å². The fourth-order valence-corrected chi connectivity index (χ4v) is 5.52. The third kappa shape index (κ3) is 2.98. The van der Waals surface area contributed by atoms with E-state index in [2.05, 4.69) is 13.8 Å². The first kappa shape index (κ1) is 16.1. The summed E-state index contributed by atoms with van der Waals surface area (Å²) in [6, 6.07) is 9.54. The lowest BCUT2D eigenvalue weighted by molar-refractivity contribution is -0.0618. The quantitative estimate of drug-likeness (QED) is 0.557. The Hall–Kier alpha value is -0.800. The zero-order chi connectivity index (χ0) is 15.7. The smallest absolute Gasteiger partial charge is 0.201 e. The zero-order valence-electron chi connectivity index (χ0n) is 13.7. The molecule has 1 unspecified atom stereocenters. The molecule has 0 aliphatic heterocycles. The van der Waals surface area contributed by atoms with Crippen molar-refractivity contribution in [3.63, 3.8) is 0 Å². The van der Waals surface area contributed by atoms with Crippen molar-refractivity contribution in [1.82, 2.24) is 0 Å². The maximum Gasteiger partial charge on any atom is 0.201 e. The van der Waals surface area contributed by atoms with Gasteiger partial charge in [0.25, 0.3) is 0 Å². The number of ketones is 1. The highest BCUT2D eigenvalue weighted by molar-refractivity contribution is 8.01. The van der Waals surface area contributed by atoms with Gasteiger partial charge in [-0.2, -0.15) is 0 Å². The Kier molecular flexibility index (Phi) is 4.65. The van der Waals surface area contributed by atoms with Gasteiger partial charge in [0.1, 0.15) is 0 Å². The van der Waals surface area contributed by atoms with E-state index in [1.807, 2.05) is 37.3 Å². The topological polar surface area (TPSA) is 26.3 Å². The highest BCUT2D eigenvalue weighted by atomic mass is 32.2. The summed E-state index contributed by atoms with van der Waals surface area (Å²) in [6.07, 6.45) is 3.86. The average Bonchev–Trinajstić information content (AvgIpc) is 2.54. The van der Waals surface area contributed by atoms with Gasteiger partial charge in [0.15, 0.2) is 5.44 Å². The number of thioether (sulfide) groups is 1. The molecule has 0 heterocycles.